The van der Waals surface area contributed by atoms with Gasteiger partial charge < -0.3 is 5.73 Å². The molecule has 1 aromatic heterocycles. The van der Waals surface area contributed by atoms with Gasteiger partial charge in [-0.25, -0.2) is 4.79 Å². The number of nitrogens with two attached hydrogens (primary N) is 1. The summed E-state index contributed by atoms with van der Waals surface area (Å²) < 4.78 is 1.81. The van der Waals surface area contributed by atoms with Crippen LogP contribution in [0.2, 0.25) is 0 Å². The van der Waals surface area contributed by atoms with Crippen LogP contribution in [0, 0.1) is 23.7 Å². The largest absolute Gasteiger partial charge is 0.328 e. The summed E-state index contributed by atoms with van der Waals surface area (Å²) in [5.41, 5.74) is 5.85. The van der Waals surface area contributed by atoms with Crippen LogP contribution in [0.1, 0.15) is 43.8 Å². The van der Waals surface area contributed by atoms with Gasteiger partial charge in [0.2, 0.25) is 0 Å². The van der Waals surface area contributed by atoms with Gasteiger partial charge in [0.05, 0.1) is 0 Å². The molecule has 0 amide bonds. The van der Waals surface area contributed by atoms with Gasteiger partial charge in [-0.3, -0.25) is 14.3 Å². The highest BCUT2D eigenvalue weighted by Crippen LogP contribution is 2.58. The summed E-state index contributed by atoms with van der Waals surface area (Å²) in [5.74, 6) is 2.93. The highest BCUT2D eigenvalue weighted by molar-refractivity contribution is 5.08. The molecule has 0 radical (unpaired) electrons. The van der Waals surface area contributed by atoms with Crippen LogP contribution in [0.3, 0.4) is 0 Å². The van der Waals surface area contributed by atoms with Crippen molar-refractivity contribution >= 4 is 0 Å². The van der Waals surface area contributed by atoms with Crippen LogP contribution in [0.5, 0.6) is 0 Å². The van der Waals surface area contributed by atoms with Crippen molar-refractivity contribution in [1.82, 2.24) is 9.55 Å². The number of aromatic amines is 1. The molecule has 108 valence electrons. The second-order valence-electron chi connectivity index (χ2n) is 6.93. The zero-order valence-electron chi connectivity index (χ0n) is 11.5. The molecule has 5 rings (SSSR count). The third-order valence-corrected chi connectivity index (χ3v) is 5.74. The smallest absolute Gasteiger partial charge is 0.325 e. The second kappa shape index (κ2) is 4.32. The molecule has 5 nitrogen and oxygen atoms in total. The Morgan fingerprint density at radius 3 is 2.25 bits per heavy atom. The zero-order chi connectivity index (χ0) is 13.9. The Kier molecular flexibility index (Phi) is 2.67. The molecular formula is C15H21N3O2. The Labute approximate surface area is 117 Å². The maximum atomic E-state index is 12.3. The van der Waals surface area contributed by atoms with E-state index in [1.807, 2.05) is 4.57 Å². The maximum Gasteiger partial charge on any atom is 0.328 e. The molecule has 0 spiro atoms. The molecule has 1 heterocycles. The number of aromatic nitrogens is 2. The topological polar surface area (TPSA) is 80.9 Å². The highest BCUT2D eigenvalue weighted by atomic mass is 16.2. The monoisotopic (exact) mass is 275 g/mol. The molecule has 4 fully saturated rings. The fourth-order valence-corrected chi connectivity index (χ4v) is 5.36. The maximum absolute atomic E-state index is 12.3. The van der Waals surface area contributed by atoms with E-state index in [1.165, 1.54) is 38.2 Å². The molecule has 0 atom stereocenters. The van der Waals surface area contributed by atoms with Crippen molar-refractivity contribution in [1.29, 1.82) is 0 Å². The number of hydrogen-bond acceptors (Lipinski definition) is 3. The summed E-state index contributed by atoms with van der Waals surface area (Å²) in [4.78, 5) is 26.2. The van der Waals surface area contributed by atoms with E-state index >= 15 is 0 Å². The van der Waals surface area contributed by atoms with Crippen LogP contribution in [0.15, 0.2) is 15.7 Å². The van der Waals surface area contributed by atoms with Crippen LogP contribution < -0.4 is 17.0 Å². The van der Waals surface area contributed by atoms with Crippen LogP contribution in [0.25, 0.3) is 0 Å². The van der Waals surface area contributed by atoms with Gasteiger partial charge in [0, 0.05) is 24.3 Å². The first kappa shape index (κ1) is 12.4. The van der Waals surface area contributed by atoms with Gasteiger partial charge in [-0.15, -0.1) is 0 Å². The van der Waals surface area contributed by atoms with E-state index in [2.05, 4.69) is 4.98 Å². The SMILES string of the molecule is NCc1cc(=O)[nH]c(=O)n1C1C2CC3CC(C2)CC1C3. The Morgan fingerprint density at radius 1 is 1.10 bits per heavy atom. The first-order chi connectivity index (χ1) is 9.65. The van der Waals surface area contributed by atoms with E-state index in [4.69, 9.17) is 5.73 Å². The predicted molar refractivity (Wildman–Crippen MR) is 75.3 cm³/mol. The standard InChI is InChI=1S/C15H21N3O2/c16-7-12-6-13(19)17-15(20)18(12)14-10-2-8-1-9(4-10)5-11(14)3-8/h6,8-11,14H,1-5,7,16H2,(H,17,19,20). The van der Waals surface area contributed by atoms with E-state index < -0.39 is 0 Å². The molecule has 0 saturated heterocycles. The van der Waals surface area contributed by atoms with Gasteiger partial charge in [0.25, 0.3) is 5.56 Å². The van der Waals surface area contributed by atoms with Gasteiger partial charge in [0.1, 0.15) is 0 Å². The quantitative estimate of drug-likeness (QED) is 0.844. The summed E-state index contributed by atoms with van der Waals surface area (Å²) in [6.07, 6.45) is 6.37. The minimum atomic E-state index is -0.337. The summed E-state index contributed by atoms with van der Waals surface area (Å²) in [5, 5.41) is 0. The Hall–Kier alpha value is -1.36. The van der Waals surface area contributed by atoms with Crippen molar-refractivity contribution in [3.05, 3.63) is 32.6 Å². The highest BCUT2D eigenvalue weighted by Gasteiger charge is 2.49. The Morgan fingerprint density at radius 2 is 1.70 bits per heavy atom. The lowest BCUT2D eigenvalue weighted by Crippen LogP contribution is -2.50. The molecular weight excluding hydrogens is 254 g/mol. The molecule has 4 bridgehead atoms. The molecule has 3 N–H and O–H groups in total. The van der Waals surface area contributed by atoms with Crippen molar-refractivity contribution in [3.8, 4) is 0 Å². The van der Waals surface area contributed by atoms with Crippen LogP contribution >= 0.6 is 0 Å². The number of nitrogens with one attached hydrogen (secondary N) is 1. The third-order valence-electron chi connectivity index (χ3n) is 5.74. The van der Waals surface area contributed by atoms with Crippen LogP contribution in [-0.4, -0.2) is 9.55 Å². The van der Waals surface area contributed by atoms with Gasteiger partial charge >= 0.3 is 5.69 Å². The summed E-state index contributed by atoms with van der Waals surface area (Å²) in [6, 6.07) is 1.75. The molecule has 0 aliphatic heterocycles. The second-order valence-corrected chi connectivity index (χ2v) is 6.93. The van der Waals surface area contributed by atoms with Gasteiger partial charge in [0.15, 0.2) is 0 Å². The molecule has 5 heteroatoms. The molecule has 0 unspecified atom stereocenters. The van der Waals surface area contributed by atoms with Crippen LogP contribution in [-0.2, 0) is 6.54 Å². The van der Waals surface area contributed by atoms with Gasteiger partial charge in [-0.1, -0.05) is 0 Å². The first-order valence-electron chi connectivity index (χ1n) is 7.70. The molecule has 4 aliphatic carbocycles. The fraction of sp³-hybridized carbons (Fsp3) is 0.733. The first-order valence-corrected chi connectivity index (χ1v) is 7.70. The fourth-order valence-electron chi connectivity index (χ4n) is 5.36. The number of rotatable bonds is 2. The number of H-pyrrole nitrogens is 1. The normalized spacial score (nSPS) is 38.4. The summed E-state index contributed by atoms with van der Waals surface area (Å²) in [6.45, 7) is 0.252. The van der Waals surface area contributed by atoms with E-state index in [1.54, 1.807) is 0 Å². The van der Waals surface area contributed by atoms with E-state index in [9.17, 15) is 9.59 Å². The molecule has 4 aliphatic rings. The average molecular weight is 275 g/mol. The molecule has 0 aromatic carbocycles. The van der Waals surface area contributed by atoms with Gasteiger partial charge in [-0.05, 0) is 55.8 Å². The lowest BCUT2D eigenvalue weighted by atomic mass is 9.54. The minimum absolute atomic E-state index is 0.252. The van der Waals surface area contributed by atoms with Crippen LogP contribution in [0.4, 0.5) is 0 Å². The lowest BCUT2D eigenvalue weighted by Gasteiger charge is -2.54. The van der Waals surface area contributed by atoms with Crippen molar-refractivity contribution in [3.63, 3.8) is 0 Å². The lowest BCUT2D eigenvalue weighted by molar-refractivity contribution is -0.0318. The van der Waals surface area contributed by atoms with Crippen molar-refractivity contribution < 1.29 is 0 Å². The van der Waals surface area contributed by atoms with E-state index in [-0.39, 0.29) is 23.8 Å². The molecule has 20 heavy (non-hydrogen) atoms. The van der Waals surface area contributed by atoms with E-state index in [0.29, 0.717) is 17.5 Å². The van der Waals surface area contributed by atoms with Crippen molar-refractivity contribution in [2.24, 2.45) is 29.4 Å². The van der Waals surface area contributed by atoms with Crippen molar-refractivity contribution in [2.45, 2.75) is 44.7 Å². The summed E-state index contributed by atoms with van der Waals surface area (Å²) in [7, 11) is 0. The molecule has 1 aromatic rings. The third kappa shape index (κ3) is 1.72. The zero-order valence-corrected chi connectivity index (χ0v) is 11.5. The van der Waals surface area contributed by atoms with Crippen molar-refractivity contribution in [2.75, 3.05) is 0 Å². The molecule has 4 saturated carbocycles. The Bertz CT molecular complexity index is 617. The minimum Gasteiger partial charge on any atom is -0.325 e. The Balaban J connectivity index is 1.82. The van der Waals surface area contributed by atoms with Gasteiger partial charge in [-0.2, -0.15) is 0 Å². The average Bonchev–Trinajstić information content (AvgIpc) is 2.39. The summed E-state index contributed by atoms with van der Waals surface area (Å²) >= 11 is 0. The predicted octanol–water partition coefficient (Wildman–Crippen LogP) is 0.992. The van der Waals surface area contributed by atoms with E-state index in [0.717, 1.165) is 11.8 Å². The number of hydrogen-bond donors (Lipinski definition) is 2. The number of nitrogens with zero attached hydrogens (tertiary/aromatic N) is 1.